The van der Waals surface area contributed by atoms with E-state index in [1.165, 1.54) is 13.2 Å². The Morgan fingerprint density at radius 1 is 1.50 bits per heavy atom. The minimum Gasteiger partial charge on any atom is -0.470 e. The van der Waals surface area contributed by atoms with Crippen molar-refractivity contribution in [3.8, 4) is 5.75 Å². The molecule has 1 aromatic rings. The van der Waals surface area contributed by atoms with Gasteiger partial charge in [-0.25, -0.2) is 4.79 Å². The van der Waals surface area contributed by atoms with Crippen LogP contribution in [-0.4, -0.2) is 29.1 Å². The average molecular weight is 282 g/mol. The molecule has 0 aromatic carbocycles. The van der Waals surface area contributed by atoms with Crippen LogP contribution in [0, 0.1) is 17.0 Å². The summed E-state index contributed by atoms with van der Waals surface area (Å²) in [5, 5.41) is 11.0. The zero-order chi connectivity index (χ0) is 15.1. The molecule has 0 fully saturated rings. The highest BCUT2D eigenvalue weighted by atomic mass is 16.6. The molecule has 0 bridgehead atoms. The molecule has 0 aliphatic heterocycles. The number of hydrogen-bond donors (Lipinski definition) is 0. The third-order valence-corrected chi connectivity index (χ3v) is 2.70. The van der Waals surface area contributed by atoms with Crippen molar-refractivity contribution in [2.24, 2.45) is 0 Å². The van der Waals surface area contributed by atoms with Crippen molar-refractivity contribution in [1.82, 2.24) is 4.98 Å². The molecule has 0 radical (unpaired) electrons. The van der Waals surface area contributed by atoms with Crippen molar-refractivity contribution < 1.29 is 19.2 Å². The molecule has 0 spiro atoms. The summed E-state index contributed by atoms with van der Waals surface area (Å²) >= 11 is 0. The number of ether oxygens (including phenoxy) is 2. The maximum absolute atomic E-state index is 11.6. The highest BCUT2D eigenvalue weighted by Crippen LogP contribution is 2.26. The molecule has 0 aliphatic rings. The van der Waals surface area contributed by atoms with E-state index in [4.69, 9.17) is 4.74 Å². The van der Waals surface area contributed by atoms with Crippen LogP contribution in [0.5, 0.6) is 5.75 Å². The number of methoxy groups -OCH3 is 1. The molecule has 0 N–H and O–H groups in total. The van der Waals surface area contributed by atoms with Crippen molar-refractivity contribution in [1.29, 1.82) is 0 Å². The van der Waals surface area contributed by atoms with Gasteiger partial charge >= 0.3 is 11.8 Å². The maximum Gasteiger partial charge on any atom is 0.406 e. The van der Waals surface area contributed by atoms with Crippen LogP contribution in [0.2, 0.25) is 0 Å². The molecule has 20 heavy (non-hydrogen) atoms. The lowest BCUT2D eigenvalue weighted by molar-refractivity contribution is -0.390. The molecule has 1 rings (SSSR count). The lowest BCUT2D eigenvalue weighted by atomic mass is 10.1. The van der Waals surface area contributed by atoms with E-state index in [9.17, 15) is 14.9 Å². The quantitative estimate of drug-likeness (QED) is 0.433. The minimum absolute atomic E-state index is 0.0212. The van der Waals surface area contributed by atoms with Crippen LogP contribution in [0.1, 0.15) is 31.9 Å². The van der Waals surface area contributed by atoms with Gasteiger partial charge < -0.3 is 19.6 Å². The third-order valence-electron chi connectivity index (χ3n) is 2.70. The Morgan fingerprint density at radius 2 is 2.20 bits per heavy atom. The van der Waals surface area contributed by atoms with Crippen molar-refractivity contribution in [2.45, 2.75) is 39.2 Å². The van der Waals surface area contributed by atoms with Crippen LogP contribution >= 0.6 is 0 Å². The van der Waals surface area contributed by atoms with E-state index in [1.54, 1.807) is 13.0 Å². The number of unbranched alkanes of at least 4 members (excludes halogenated alkanes) is 1. The second kappa shape index (κ2) is 7.42. The highest BCUT2D eigenvalue weighted by Gasteiger charge is 2.26. The number of esters is 1. The van der Waals surface area contributed by atoms with Crippen molar-refractivity contribution >= 4 is 11.8 Å². The molecule has 1 atom stereocenters. The topological polar surface area (TPSA) is 91.6 Å². The summed E-state index contributed by atoms with van der Waals surface area (Å²) in [6.45, 7) is 3.62. The number of carbonyl (C=O) groups is 1. The molecule has 7 nitrogen and oxygen atoms in total. The van der Waals surface area contributed by atoms with Gasteiger partial charge in [0.15, 0.2) is 6.10 Å². The van der Waals surface area contributed by atoms with E-state index < -0.39 is 22.8 Å². The summed E-state index contributed by atoms with van der Waals surface area (Å²) in [4.78, 5) is 25.8. The van der Waals surface area contributed by atoms with Crippen LogP contribution < -0.4 is 4.74 Å². The number of rotatable bonds is 7. The molecule has 1 unspecified atom stereocenters. The summed E-state index contributed by atoms with van der Waals surface area (Å²) in [6.07, 6.45) is 1.22. The number of aromatic nitrogens is 1. The SMILES string of the molecule is CCCCC(Oc1ccc(C)nc1[N+](=O)[O-])C(=O)OC. The Kier molecular flexibility index (Phi) is 5.89. The molecule has 110 valence electrons. The van der Waals surface area contributed by atoms with Gasteiger partial charge in [-0.05, 0) is 34.9 Å². The number of carbonyl (C=O) groups excluding carboxylic acids is 1. The van der Waals surface area contributed by atoms with Gasteiger partial charge in [0.25, 0.3) is 0 Å². The van der Waals surface area contributed by atoms with E-state index in [2.05, 4.69) is 9.72 Å². The number of hydrogen-bond acceptors (Lipinski definition) is 6. The second-order valence-electron chi connectivity index (χ2n) is 4.30. The Hall–Kier alpha value is -2.18. The zero-order valence-electron chi connectivity index (χ0n) is 11.8. The Bertz CT molecular complexity index is 490. The van der Waals surface area contributed by atoms with E-state index in [1.807, 2.05) is 6.92 Å². The van der Waals surface area contributed by atoms with Gasteiger partial charge in [-0.3, -0.25) is 0 Å². The van der Waals surface area contributed by atoms with Crippen LogP contribution in [0.3, 0.4) is 0 Å². The highest BCUT2D eigenvalue weighted by molar-refractivity contribution is 5.75. The summed E-state index contributed by atoms with van der Waals surface area (Å²) in [5.74, 6) is -0.962. The molecular weight excluding hydrogens is 264 g/mol. The first-order valence-corrected chi connectivity index (χ1v) is 6.36. The van der Waals surface area contributed by atoms with Crippen LogP contribution in [-0.2, 0) is 9.53 Å². The van der Waals surface area contributed by atoms with Crippen LogP contribution in [0.15, 0.2) is 12.1 Å². The second-order valence-corrected chi connectivity index (χ2v) is 4.30. The summed E-state index contributed by atoms with van der Waals surface area (Å²) < 4.78 is 10.1. The number of aryl methyl sites for hydroxylation is 1. The van der Waals surface area contributed by atoms with E-state index in [0.717, 1.165) is 12.8 Å². The van der Waals surface area contributed by atoms with Gasteiger partial charge in [-0.15, -0.1) is 0 Å². The number of nitro groups is 1. The molecule has 0 aliphatic carbocycles. The molecule has 1 heterocycles. The summed E-state index contributed by atoms with van der Waals surface area (Å²) in [7, 11) is 1.26. The smallest absolute Gasteiger partial charge is 0.406 e. The van der Waals surface area contributed by atoms with Gasteiger partial charge in [-0.1, -0.05) is 13.3 Å². The van der Waals surface area contributed by atoms with E-state index in [-0.39, 0.29) is 5.75 Å². The standard InChI is InChI=1S/C13H18N2O5/c1-4-5-6-11(13(16)19-3)20-10-8-7-9(2)14-12(10)15(17)18/h7-8,11H,4-6H2,1-3H3. The molecule has 0 amide bonds. The van der Waals surface area contributed by atoms with E-state index >= 15 is 0 Å². The number of nitrogens with zero attached hydrogens (tertiary/aromatic N) is 2. The zero-order valence-corrected chi connectivity index (χ0v) is 11.8. The molecule has 7 heteroatoms. The van der Waals surface area contributed by atoms with Gasteiger partial charge in [0.2, 0.25) is 5.75 Å². The normalized spacial score (nSPS) is 11.8. The fourth-order valence-corrected chi connectivity index (χ4v) is 1.65. The first-order valence-electron chi connectivity index (χ1n) is 6.36. The van der Waals surface area contributed by atoms with Crippen LogP contribution in [0.4, 0.5) is 5.82 Å². The largest absolute Gasteiger partial charge is 0.470 e. The maximum atomic E-state index is 11.6. The minimum atomic E-state index is -0.858. The molecule has 0 saturated heterocycles. The van der Waals surface area contributed by atoms with Crippen molar-refractivity contribution in [3.63, 3.8) is 0 Å². The monoisotopic (exact) mass is 282 g/mol. The lowest BCUT2D eigenvalue weighted by Crippen LogP contribution is -2.29. The summed E-state index contributed by atoms with van der Waals surface area (Å²) in [5.41, 5.74) is 0.507. The Morgan fingerprint density at radius 3 is 2.75 bits per heavy atom. The first kappa shape index (κ1) is 15.9. The number of pyridine rings is 1. The lowest BCUT2D eigenvalue weighted by Gasteiger charge is -2.16. The van der Waals surface area contributed by atoms with Gasteiger partial charge in [0.05, 0.1) is 7.11 Å². The molecule has 0 saturated carbocycles. The molecular formula is C13H18N2O5. The Labute approximate surface area is 117 Å². The fourth-order valence-electron chi connectivity index (χ4n) is 1.65. The predicted octanol–water partition coefficient (Wildman–Crippen LogP) is 2.41. The third kappa shape index (κ3) is 4.18. The van der Waals surface area contributed by atoms with Gasteiger partial charge in [0, 0.05) is 6.92 Å². The van der Waals surface area contributed by atoms with Crippen molar-refractivity contribution in [3.05, 3.63) is 27.9 Å². The van der Waals surface area contributed by atoms with Gasteiger partial charge in [0.1, 0.15) is 5.69 Å². The Balaban J connectivity index is 2.98. The van der Waals surface area contributed by atoms with E-state index in [0.29, 0.717) is 12.1 Å². The summed E-state index contributed by atoms with van der Waals surface area (Å²) in [6, 6.07) is 3.04. The first-order chi connectivity index (χ1) is 9.49. The predicted molar refractivity (Wildman–Crippen MR) is 71.6 cm³/mol. The van der Waals surface area contributed by atoms with Gasteiger partial charge in [-0.2, -0.15) is 0 Å². The van der Waals surface area contributed by atoms with Crippen LogP contribution in [0.25, 0.3) is 0 Å². The molecule has 1 aromatic heterocycles. The van der Waals surface area contributed by atoms with Crippen molar-refractivity contribution in [2.75, 3.05) is 7.11 Å². The fraction of sp³-hybridized carbons (Fsp3) is 0.538. The average Bonchev–Trinajstić information content (AvgIpc) is 2.43.